The van der Waals surface area contributed by atoms with Crippen molar-refractivity contribution in [1.82, 2.24) is 0 Å². The number of hydrogen-bond acceptors (Lipinski definition) is 0. The Morgan fingerprint density at radius 1 is 0.284 bits per heavy atom. The third kappa shape index (κ3) is 49.8. The molecule has 2 aromatic rings. The molecule has 0 aromatic heterocycles. The van der Waals surface area contributed by atoms with Crippen LogP contribution in [0.4, 0.5) is 0 Å². The van der Waals surface area contributed by atoms with Crippen LogP contribution in [0.15, 0.2) is 59.7 Å². The molecule has 0 fully saturated rings. The summed E-state index contributed by atoms with van der Waals surface area (Å²) in [5.41, 5.74) is 21.7. The Bertz CT molecular complexity index is 1810. The number of nitrogens with zero attached hydrogens (tertiary/aromatic N) is 2. The molecule has 3 rings (SSSR count). The first-order valence-electron chi connectivity index (χ1n) is 39.6. The van der Waals surface area contributed by atoms with E-state index in [0.29, 0.717) is 0 Å². The second-order valence-electron chi connectivity index (χ2n) is 27.5. The summed E-state index contributed by atoms with van der Waals surface area (Å²) >= 11 is 0. The van der Waals surface area contributed by atoms with Crippen LogP contribution in [0, 0.1) is 13.8 Å². The van der Waals surface area contributed by atoms with Crippen LogP contribution in [0.3, 0.4) is 0 Å². The van der Waals surface area contributed by atoms with Gasteiger partial charge in [0.25, 0.3) is 0 Å². The fraction of sp³-hybridized carbons (Fsp3) is 0.788. The Hall–Kier alpha value is -1.82. The summed E-state index contributed by atoms with van der Waals surface area (Å²) in [5.74, 6) is 0. The normalized spacial score (nSPS) is 12.2. The molecule has 88 heavy (non-hydrogen) atoms. The SMILES string of the molecule is CCCCCCCCCCCCCCCCCCCCCCCCc1cccc(C2=C(C)C(CCCC)=C(c3cccc(CCCCCCCCCCCCCCCCCCCCCCCC)c3)[N+]2=[N-])c1.[CH2-]CCCCCCC.[CH2-]CCCCCCC.[Pd+2]. The minimum atomic E-state index is 0. The van der Waals surface area contributed by atoms with Gasteiger partial charge in [-0.15, -0.1) is 0 Å². The zero-order valence-electron chi connectivity index (χ0n) is 60.4. The van der Waals surface area contributed by atoms with Gasteiger partial charge in [-0.1, -0.05) is 399 Å². The third-order valence-electron chi connectivity index (χ3n) is 19.0. The van der Waals surface area contributed by atoms with Gasteiger partial charge in [0.05, 0.1) is 0 Å². The van der Waals surface area contributed by atoms with Crippen LogP contribution >= 0.6 is 0 Å². The quantitative estimate of drug-likeness (QED) is 0.0273. The standard InChI is InChI=1S/C69H118N2.2C8H17.Pd/c1-5-8-11-13-15-17-19-21-23-25-27-29-31-33-35-37-39-41-43-45-47-49-53-63-55-51-57-65(60-63)68-62(4)67(59-10-7-3)69(71(68)70)66-58-52-56-64(61-66)54-50-48-46-44-42-40-38-36-34-32-30-28-26-24-22-20-18-16-14-12-9-6-2;2*1-3-5-7-8-6-4-2;/h51-52,55-58,60-61H,5-50,53-54,59H2,1-4H3;2*1,3-8H2,2H3;/q;2*-1;+2. The van der Waals surface area contributed by atoms with E-state index in [4.69, 9.17) is 0 Å². The van der Waals surface area contributed by atoms with Gasteiger partial charge < -0.3 is 19.4 Å². The summed E-state index contributed by atoms with van der Waals surface area (Å²) in [6.07, 6.45) is 84.2. The number of benzene rings is 2. The predicted octanol–water partition coefficient (Wildman–Crippen LogP) is 30.7. The average Bonchev–Trinajstić information content (AvgIpc) is 1.83. The maximum absolute atomic E-state index is 12.0. The van der Waals surface area contributed by atoms with E-state index in [1.165, 1.54) is 369 Å². The van der Waals surface area contributed by atoms with E-state index in [2.05, 4.69) is 104 Å². The monoisotopic (exact) mass is 1310 g/mol. The zero-order chi connectivity index (χ0) is 63.0. The molecule has 0 atom stereocenters. The van der Waals surface area contributed by atoms with E-state index in [1.54, 1.807) is 4.70 Å². The van der Waals surface area contributed by atoms with Crippen molar-refractivity contribution >= 4 is 11.4 Å². The van der Waals surface area contributed by atoms with Crippen LogP contribution in [-0.4, -0.2) is 4.70 Å². The Labute approximate surface area is 567 Å². The minimum Gasteiger partial charge on any atom is -0.493 e. The fourth-order valence-corrected chi connectivity index (χ4v) is 13.2. The summed E-state index contributed by atoms with van der Waals surface area (Å²) < 4.78 is 1.55. The first-order valence-corrected chi connectivity index (χ1v) is 39.6. The van der Waals surface area contributed by atoms with Gasteiger partial charge in [-0.05, 0) is 80.8 Å². The van der Waals surface area contributed by atoms with Gasteiger partial charge in [0.1, 0.15) is 0 Å². The van der Waals surface area contributed by atoms with Crippen molar-refractivity contribution in [3.63, 3.8) is 0 Å². The van der Waals surface area contributed by atoms with Crippen molar-refractivity contribution in [3.05, 3.63) is 101 Å². The molecule has 0 bridgehead atoms. The molecule has 1 heterocycles. The van der Waals surface area contributed by atoms with E-state index < -0.39 is 0 Å². The van der Waals surface area contributed by atoms with Crippen LogP contribution in [0.1, 0.15) is 443 Å². The largest absolute Gasteiger partial charge is 2.00 e. The summed E-state index contributed by atoms with van der Waals surface area (Å²) in [5, 5.41) is 0. The van der Waals surface area contributed by atoms with Gasteiger partial charge in [0.15, 0.2) is 0 Å². The van der Waals surface area contributed by atoms with Gasteiger partial charge in [-0.2, -0.15) is 12.8 Å². The number of rotatable bonds is 61. The molecule has 0 N–H and O–H groups in total. The van der Waals surface area contributed by atoms with Crippen molar-refractivity contribution < 1.29 is 25.1 Å². The van der Waals surface area contributed by atoms with Crippen molar-refractivity contribution in [2.24, 2.45) is 0 Å². The van der Waals surface area contributed by atoms with Gasteiger partial charge in [0.2, 0.25) is 11.4 Å². The van der Waals surface area contributed by atoms with Gasteiger partial charge in [-0.25, -0.2) is 4.70 Å². The van der Waals surface area contributed by atoms with Gasteiger partial charge >= 0.3 is 20.4 Å². The third-order valence-corrected chi connectivity index (χ3v) is 19.0. The summed E-state index contributed by atoms with van der Waals surface area (Å²) in [7, 11) is 0. The van der Waals surface area contributed by atoms with Crippen molar-refractivity contribution in [2.45, 2.75) is 433 Å². The molecule has 0 spiro atoms. The molecule has 1 aliphatic rings. The number of unbranched alkanes of at least 4 members (excludes halogenated alkanes) is 53. The number of allylic oxidation sites excluding steroid dienone is 2. The second kappa shape index (κ2) is 68.1. The molecular formula is C85H152N2Pd. The summed E-state index contributed by atoms with van der Waals surface area (Å²) in [6, 6.07) is 18.2. The Morgan fingerprint density at radius 3 is 0.761 bits per heavy atom. The molecule has 2 nitrogen and oxygen atoms in total. The molecule has 0 saturated heterocycles. The van der Waals surface area contributed by atoms with Crippen LogP contribution in [0.5, 0.6) is 0 Å². The van der Waals surface area contributed by atoms with Crippen LogP contribution in [-0.2, 0) is 33.3 Å². The Morgan fingerprint density at radius 2 is 0.511 bits per heavy atom. The first kappa shape index (κ1) is 86.2. The van der Waals surface area contributed by atoms with E-state index in [9.17, 15) is 5.53 Å². The van der Waals surface area contributed by atoms with Crippen LogP contribution in [0.2, 0.25) is 0 Å². The summed E-state index contributed by atoms with van der Waals surface area (Å²) in [6.45, 7) is 21.2. The van der Waals surface area contributed by atoms with Gasteiger partial charge in [0, 0.05) is 22.3 Å². The van der Waals surface area contributed by atoms with E-state index in [-0.39, 0.29) is 20.4 Å². The maximum Gasteiger partial charge on any atom is 2.00 e. The topological polar surface area (TPSA) is 25.3 Å². The zero-order valence-corrected chi connectivity index (χ0v) is 61.9. The van der Waals surface area contributed by atoms with Gasteiger partial charge in [-0.3, -0.25) is 0 Å². The molecule has 512 valence electrons. The average molecular weight is 1310 g/mol. The molecule has 0 amide bonds. The van der Waals surface area contributed by atoms with Crippen LogP contribution in [0.25, 0.3) is 16.9 Å². The maximum atomic E-state index is 12.0. The smallest absolute Gasteiger partial charge is 0.493 e. The molecule has 0 unspecified atom stereocenters. The first-order chi connectivity index (χ1) is 42.9. The predicted molar refractivity (Wildman–Crippen MR) is 395 cm³/mol. The van der Waals surface area contributed by atoms with Crippen LogP contribution < -0.4 is 0 Å². The van der Waals surface area contributed by atoms with Crippen molar-refractivity contribution in [2.75, 3.05) is 0 Å². The second-order valence-corrected chi connectivity index (χ2v) is 27.5. The molecule has 0 saturated carbocycles. The summed E-state index contributed by atoms with van der Waals surface area (Å²) in [4.78, 5) is 0. The van der Waals surface area contributed by atoms with Crippen molar-refractivity contribution in [1.29, 1.82) is 0 Å². The Kier molecular flexibility index (Phi) is 66.6. The molecule has 3 heteroatoms. The molecule has 2 aromatic carbocycles. The number of aryl methyl sites for hydroxylation is 2. The van der Waals surface area contributed by atoms with E-state index in [0.717, 1.165) is 67.5 Å². The van der Waals surface area contributed by atoms with E-state index >= 15 is 0 Å². The molecule has 0 aliphatic carbocycles. The molecule has 1 aliphatic heterocycles. The van der Waals surface area contributed by atoms with E-state index in [1.807, 2.05) is 0 Å². The molecular weight excluding hydrogens is 1160 g/mol. The Balaban J connectivity index is 0.00000389. The molecule has 0 radical (unpaired) electrons. The number of hydrogen-bond donors (Lipinski definition) is 0. The van der Waals surface area contributed by atoms with Crippen molar-refractivity contribution in [3.8, 4) is 0 Å². The minimum absolute atomic E-state index is 0. The fourth-order valence-electron chi connectivity index (χ4n) is 13.2.